The summed E-state index contributed by atoms with van der Waals surface area (Å²) in [7, 11) is 0. The van der Waals surface area contributed by atoms with Gasteiger partial charge in [0.05, 0.1) is 6.54 Å². The summed E-state index contributed by atoms with van der Waals surface area (Å²) in [5, 5.41) is 10.9. The zero-order valence-electron chi connectivity index (χ0n) is 18.6. The number of hydrogen-bond donors (Lipinski definition) is 3. The molecule has 0 aromatic heterocycles. The van der Waals surface area contributed by atoms with Crippen LogP contribution < -0.4 is 16.0 Å². The topological polar surface area (TPSA) is 57.7 Å². The summed E-state index contributed by atoms with van der Waals surface area (Å²) >= 11 is 0. The van der Waals surface area contributed by atoms with Gasteiger partial charge in [0.25, 0.3) is 0 Å². The lowest BCUT2D eigenvalue weighted by Crippen LogP contribution is -2.58. The third-order valence-corrected chi connectivity index (χ3v) is 5.71. The second-order valence-electron chi connectivity index (χ2n) is 8.21. The van der Waals surface area contributed by atoms with E-state index in [1.165, 1.54) is 16.7 Å². The standard InChI is InChI=1S/C25H36N4O/c1-4-26-24(27-18-22-10-8-9-20(2)17-22)28-19-25(13-15-30-16-14-25)29-21(3)23-11-6-5-7-12-23/h5-12,17,21,29H,4,13-16,18-19H2,1-3H3,(H2,26,27,28). The molecule has 30 heavy (non-hydrogen) atoms. The van der Waals surface area contributed by atoms with Crippen LogP contribution in [0.5, 0.6) is 0 Å². The first-order valence-electron chi connectivity index (χ1n) is 11.1. The Hall–Kier alpha value is -2.37. The normalized spacial score (nSPS) is 17.4. The lowest BCUT2D eigenvalue weighted by Gasteiger charge is -2.41. The molecule has 1 heterocycles. The molecule has 0 aliphatic carbocycles. The van der Waals surface area contributed by atoms with Crippen LogP contribution >= 0.6 is 0 Å². The molecular weight excluding hydrogens is 372 g/mol. The van der Waals surface area contributed by atoms with Gasteiger partial charge < -0.3 is 20.7 Å². The van der Waals surface area contributed by atoms with Crippen molar-refractivity contribution in [1.29, 1.82) is 0 Å². The molecule has 2 aromatic rings. The molecule has 2 aromatic carbocycles. The average molecular weight is 409 g/mol. The van der Waals surface area contributed by atoms with Gasteiger partial charge in [-0.1, -0.05) is 60.2 Å². The van der Waals surface area contributed by atoms with Gasteiger partial charge in [-0.25, -0.2) is 4.99 Å². The number of hydrogen-bond acceptors (Lipinski definition) is 3. The highest BCUT2D eigenvalue weighted by Gasteiger charge is 2.34. The van der Waals surface area contributed by atoms with Crippen molar-refractivity contribution in [2.45, 2.75) is 51.7 Å². The first kappa shape index (κ1) is 22.3. The van der Waals surface area contributed by atoms with Gasteiger partial charge >= 0.3 is 0 Å². The SMILES string of the molecule is CCNC(=NCc1cccc(C)c1)NCC1(NC(C)c2ccccc2)CCOCC1. The van der Waals surface area contributed by atoms with Crippen LogP contribution in [0.15, 0.2) is 59.6 Å². The molecule has 0 amide bonds. The van der Waals surface area contributed by atoms with Gasteiger partial charge in [0.15, 0.2) is 5.96 Å². The molecule has 1 unspecified atom stereocenters. The van der Waals surface area contributed by atoms with Gasteiger partial charge in [-0.05, 0) is 44.7 Å². The van der Waals surface area contributed by atoms with Crippen LogP contribution in [0.1, 0.15) is 49.4 Å². The predicted molar refractivity (Wildman–Crippen MR) is 125 cm³/mol. The number of aryl methyl sites for hydroxylation is 1. The van der Waals surface area contributed by atoms with Gasteiger partial charge in [0, 0.05) is 37.9 Å². The van der Waals surface area contributed by atoms with E-state index in [9.17, 15) is 0 Å². The minimum atomic E-state index is -0.0208. The number of guanidine groups is 1. The van der Waals surface area contributed by atoms with E-state index in [0.717, 1.165) is 45.1 Å². The van der Waals surface area contributed by atoms with E-state index in [4.69, 9.17) is 9.73 Å². The fourth-order valence-electron chi connectivity index (χ4n) is 3.99. The number of nitrogens with one attached hydrogen (secondary N) is 3. The summed E-state index contributed by atoms with van der Waals surface area (Å²) in [6.45, 7) is 10.3. The lowest BCUT2D eigenvalue weighted by atomic mass is 9.88. The van der Waals surface area contributed by atoms with Crippen molar-refractivity contribution in [1.82, 2.24) is 16.0 Å². The first-order chi connectivity index (χ1) is 14.6. The number of nitrogens with zero attached hydrogens (tertiary/aromatic N) is 1. The van der Waals surface area contributed by atoms with Gasteiger partial charge in [0.1, 0.15) is 0 Å². The minimum absolute atomic E-state index is 0.0208. The van der Waals surface area contributed by atoms with Crippen molar-refractivity contribution < 1.29 is 4.74 Å². The molecule has 3 N–H and O–H groups in total. The van der Waals surface area contributed by atoms with E-state index >= 15 is 0 Å². The Morgan fingerprint density at radius 2 is 1.83 bits per heavy atom. The zero-order chi connectivity index (χ0) is 21.2. The van der Waals surface area contributed by atoms with E-state index in [1.807, 2.05) is 0 Å². The molecular formula is C25H36N4O. The molecule has 1 fully saturated rings. The number of ether oxygens (including phenoxy) is 1. The van der Waals surface area contributed by atoms with E-state index in [0.29, 0.717) is 6.54 Å². The molecule has 1 aliphatic rings. The smallest absolute Gasteiger partial charge is 0.191 e. The Morgan fingerprint density at radius 3 is 2.53 bits per heavy atom. The molecule has 1 aliphatic heterocycles. The van der Waals surface area contributed by atoms with Crippen molar-refractivity contribution in [3.8, 4) is 0 Å². The Kier molecular flexibility index (Phi) is 8.29. The molecule has 162 valence electrons. The Bertz CT molecular complexity index is 800. The molecule has 0 bridgehead atoms. The summed E-state index contributed by atoms with van der Waals surface area (Å²) in [6, 6.07) is 19.4. The fourth-order valence-corrected chi connectivity index (χ4v) is 3.99. The summed E-state index contributed by atoms with van der Waals surface area (Å²) < 4.78 is 5.67. The highest BCUT2D eigenvalue weighted by Crippen LogP contribution is 2.25. The highest BCUT2D eigenvalue weighted by molar-refractivity contribution is 5.79. The van der Waals surface area contributed by atoms with Crippen molar-refractivity contribution in [2.75, 3.05) is 26.3 Å². The van der Waals surface area contributed by atoms with Crippen molar-refractivity contribution >= 4 is 5.96 Å². The first-order valence-corrected chi connectivity index (χ1v) is 11.1. The third kappa shape index (κ3) is 6.57. The van der Waals surface area contributed by atoms with Crippen LogP contribution in [0.4, 0.5) is 0 Å². The van der Waals surface area contributed by atoms with Crippen LogP contribution in [-0.2, 0) is 11.3 Å². The largest absolute Gasteiger partial charge is 0.381 e. The van der Waals surface area contributed by atoms with E-state index in [2.05, 4.69) is 91.3 Å². The maximum Gasteiger partial charge on any atom is 0.191 e. The van der Waals surface area contributed by atoms with Gasteiger partial charge in [-0.2, -0.15) is 0 Å². The number of benzene rings is 2. The zero-order valence-corrected chi connectivity index (χ0v) is 18.6. The van der Waals surface area contributed by atoms with Gasteiger partial charge in [-0.15, -0.1) is 0 Å². The van der Waals surface area contributed by atoms with Crippen LogP contribution in [0.2, 0.25) is 0 Å². The summed E-state index contributed by atoms with van der Waals surface area (Å²) in [4.78, 5) is 4.81. The molecule has 0 radical (unpaired) electrons. The summed E-state index contributed by atoms with van der Waals surface area (Å²) in [5.41, 5.74) is 3.78. The summed E-state index contributed by atoms with van der Waals surface area (Å²) in [5.74, 6) is 0.860. The lowest BCUT2D eigenvalue weighted by molar-refractivity contribution is 0.0355. The molecule has 1 saturated heterocycles. The molecule has 5 heteroatoms. The van der Waals surface area contributed by atoms with Crippen molar-refractivity contribution in [3.05, 3.63) is 71.3 Å². The number of aliphatic imine (C=N–C) groups is 1. The highest BCUT2D eigenvalue weighted by atomic mass is 16.5. The van der Waals surface area contributed by atoms with Gasteiger partial charge in [0.2, 0.25) is 0 Å². The van der Waals surface area contributed by atoms with E-state index < -0.39 is 0 Å². The summed E-state index contributed by atoms with van der Waals surface area (Å²) in [6.07, 6.45) is 1.96. The van der Waals surface area contributed by atoms with E-state index in [-0.39, 0.29) is 11.6 Å². The van der Waals surface area contributed by atoms with E-state index in [1.54, 1.807) is 0 Å². The van der Waals surface area contributed by atoms with Crippen LogP contribution in [0, 0.1) is 6.92 Å². The predicted octanol–water partition coefficient (Wildman–Crippen LogP) is 3.95. The Morgan fingerprint density at radius 1 is 1.07 bits per heavy atom. The van der Waals surface area contributed by atoms with Crippen molar-refractivity contribution in [3.63, 3.8) is 0 Å². The Labute approximate surface area is 181 Å². The fraction of sp³-hybridized carbons (Fsp3) is 0.480. The monoisotopic (exact) mass is 408 g/mol. The second kappa shape index (κ2) is 11.1. The Balaban J connectivity index is 1.67. The van der Waals surface area contributed by atoms with Gasteiger partial charge in [-0.3, -0.25) is 0 Å². The molecule has 3 rings (SSSR count). The average Bonchev–Trinajstić information content (AvgIpc) is 2.77. The molecule has 0 spiro atoms. The van der Waals surface area contributed by atoms with Crippen molar-refractivity contribution in [2.24, 2.45) is 4.99 Å². The molecule has 5 nitrogen and oxygen atoms in total. The van der Waals surface area contributed by atoms with Crippen LogP contribution in [0.25, 0.3) is 0 Å². The molecule has 1 atom stereocenters. The number of rotatable bonds is 8. The maximum absolute atomic E-state index is 5.67. The molecule has 0 saturated carbocycles. The third-order valence-electron chi connectivity index (χ3n) is 5.71. The quantitative estimate of drug-likeness (QED) is 0.457. The minimum Gasteiger partial charge on any atom is -0.381 e. The second-order valence-corrected chi connectivity index (χ2v) is 8.21. The van der Waals surface area contributed by atoms with Crippen LogP contribution in [0.3, 0.4) is 0 Å². The maximum atomic E-state index is 5.67. The van der Waals surface area contributed by atoms with Crippen LogP contribution in [-0.4, -0.2) is 37.8 Å².